The highest BCUT2D eigenvalue weighted by molar-refractivity contribution is 5.89. The molecule has 2 amide bonds. The maximum absolute atomic E-state index is 13.2. The first-order valence-electron chi connectivity index (χ1n) is 9.03. The molecule has 2 heterocycles. The lowest BCUT2D eigenvalue weighted by molar-refractivity contribution is 0.251. The van der Waals surface area contributed by atoms with Crippen molar-refractivity contribution in [1.29, 1.82) is 0 Å². The quantitative estimate of drug-likeness (QED) is 0.483. The van der Waals surface area contributed by atoms with E-state index < -0.39 is 0 Å². The SMILES string of the molecule is CNc1nccn2c(-c3ccc(NC(=O)NCc4cccc(F)c4)cc3)cnc12. The molecule has 29 heavy (non-hydrogen) atoms. The van der Waals surface area contributed by atoms with Crippen LogP contribution < -0.4 is 16.0 Å². The molecule has 4 rings (SSSR count). The van der Waals surface area contributed by atoms with Gasteiger partial charge < -0.3 is 16.0 Å². The van der Waals surface area contributed by atoms with Gasteiger partial charge in [0.15, 0.2) is 11.5 Å². The summed E-state index contributed by atoms with van der Waals surface area (Å²) in [5, 5.41) is 8.50. The largest absolute Gasteiger partial charge is 0.370 e. The first kappa shape index (κ1) is 18.4. The highest BCUT2D eigenvalue weighted by atomic mass is 19.1. The molecule has 0 aliphatic heterocycles. The van der Waals surface area contributed by atoms with E-state index in [9.17, 15) is 9.18 Å². The monoisotopic (exact) mass is 390 g/mol. The number of nitrogens with one attached hydrogen (secondary N) is 3. The van der Waals surface area contributed by atoms with Gasteiger partial charge in [-0.1, -0.05) is 24.3 Å². The average Bonchev–Trinajstić information content (AvgIpc) is 3.17. The van der Waals surface area contributed by atoms with Gasteiger partial charge in [0.05, 0.1) is 11.9 Å². The molecule has 0 atom stereocenters. The van der Waals surface area contributed by atoms with Crippen LogP contribution >= 0.6 is 0 Å². The summed E-state index contributed by atoms with van der Waals surface area (Å²) in [6.45, 7) is 0.241. The van der Waals surface area contributed by atoms with E-state index >= 15 is 0 Å². The molecule has 2 aromatic carbocycles. The second-order valence-corrected chi connectivity index (χ2v) is 6.38. The van der Waals surface area contributed by atoms with Crippen molar-refractivity contribution in [3.8, 4) is 11.3 Å². The molecular weight excluding hydrogens is 371 g/mol. The smallest absolute Gasteiger partial charge is 0.319 e. The van der Waals surface area contributed by atoms with Gasteiger partial charge in [0, 0.05) is 37.2 Å². The fraction of sp³-hybridized carbons (Fsp3) is 0.0952. The van der Waals surface area contributed by atoms with Gasteiger partial charge in [-0.05, 0) is 29.8 Å². The fourth-order valence-corrected chi connectivity index (χ4v) is 3.04. The van der Waals surface area contributed by atoms with Crippen molar-refractivity contribution in [3.05, 3.63) is 78.5 Å². The third-order valence-electron chi connectivity index (χ3n) is 4.45. The highest BCUT2D eigenvalue weighted by Gasteiger charge is 2.10. The van der Waals surface area contributed by atoms with Crippen LogP contribution in [0.1, 0.15) is 5.56 Å². The Hall–Kier alpha value is -3.94. The zero-order chi connectivity index (χ0) is 20.2. The van der Waals surface area contributed by atoms with Gasteiger partial charge >= 0.3 is 6.03 Å². The number of benzene rings is 2. The van der Waals surface area contributed by atoms with Gasteiger partial charge in [0.25, 0.3) is 0 Å². The van der Waals surface area contributed by atoms with Gasteiger partial charge in [-0.25, -0.2) is 19.2 Å². The summed E-state index contributed by atoms with van der Waals surface area (Å²) in [5.74, 6) is 0.373. The van der Waals surface area contributed by atoms with Crippen LogP contribution in [0.3, 0.4) is 0 Å². The molecule has 0 bridgehead atoms. The number of aromatic nitrogens is 3. The highest BCUT2D eigenvalue weighted by Crippen LogP contribution is 2.24. The Morgan fingerprint density at radius 1 is 1.14 bits per heavy atom. The minimum Gasteiger partial charge on any atom is -0.370 e. The summed E-state index contributed by atoms with van der Waals surface area (Å²) in [7, 11) is 1.80. The van der Waals surface area contributed by atoms with E-state index in [-0.39, 0.29) is 18.4 Å². The van der Waals surface area contributed by atoms with Crippen molar-refractivity contribution in [2.45, 2.75) is 6.54 Å². The first-order valence-corrected chi connectivity index (χ1v) is 9.03. The number of halogens is 1. The Morgan fingerprint density at radius 3 is 2.72 bits per heavy atom. The molecule has 0 radical (unpaired) electrons. The Labute approximate surface area is 166 Å². The van der Waals surface area contributed by atoms with Crippen molar-refractivity contribution in [3.63, 3.8) is 0 Å². The predicted octanol–water partition coefficient (Wildman–Crippen LogP) is 3.90. The van der Waals surface area contributed by atoms with Crippen LogP contribution in [0.5, 0.6) is 0 Å². The lowest BCUT2D eigenvalue weighted by atomic mass is 10.1. The second kappa shape index (κ2) is 7.97. The fourth-order valence-electron chi connectivity index (χ4n) is 3.04. The van der Waals surface area contributed by atoms with Crippen molar-refractivity contribution >= 4 is 23.2 Å². The van der Waals surface area contributed by atoms with E-state index in [0.29, 0.717) is 17.1 Å². The topological polar surface area (TPSA) is 83.3 Å². The normalized spacial score (nSPS) is 10.7. The van der Waals surface area contributed by atoms with E-state index in [2.05, 4.69) is 25.9 Å². The van der Waals surface area contributed by atoms with Crippen LogP contribution in [0.2, 0.25) is 0 Å². The molecule has 7 nitrogen and oxygen atoms in total. The molecule has 146 valence electrons. The van der Waals surface area contributed by atoms with Crippen LogP contribution in [0.25, 0.3) is 16.9 Å². The first-order chi connectivity index (χ1) is 14.1. The number of urea groups is 1. The molecule has 0 unspecified atom stereocenters. The summed E-state index contributed by atoms with van der Waals surface area (Å²) < 4.78 is 15.1. The number of fused-ring (bicyclic) bond motifs is 1. The van der Waals surface area contributed by atoms with Crippen molar-refractivity contribution in [2.24, 2.45) is 0 Å². The number of carbonyl (C=O) groups excluding carboxylic acids is 1. The number of anilines is 2. The van der Waals surface area contributed by atoms with Gasteiger partial charge in [-0.2, -0.15) is 0 Å². The predicted molar refractivity (Wildman–Crippen MR) is 110 cm³/mol. The van der Waals surface area contributed by atoms with Crippen LogP contribution in [-0.4, -0.2) is 27.4 Å². The molecule has 0 aliphatic carbocycles. The average molecular weight is 390 g/mol. The molecule has 8 heteroatoms. The summed E-state index contributed by atoms with van der Waals surface area (Å²) in [6, 6.07) is 13.2. The minimum atomic E-state index is -0.360. The number of hydrogen-bond acceptors (Lipinski definition) is 4. The molecule has 0 fully saturated rings. The van der Waals surface area contributed by atoms with Crippen molar-refractivity contribution < 1.29 is 9.18 Å². The van der Waals surface area contributed by atoms with Crippen LogP contribution in [0.15, 0.2) is 67.1 Å². The minimum absolute atomic E-state index is 0.241. The van der Waals surface area contributed by atoms with Crippen LogP contribution in [-0.2, 0) is 6.54 Å². The number of nitrogens with zero attached hydrogens (tertiary/aromatic N) is 3. The molecular formula is C21H19FN6O. The lowest BCUT2D eigenvalue weighted by Crippen LogP contribution is -2.28. The van der Waals surface area contributed by atoms with Gasteiger partial charge in [0.2, 0.25) is 0 Å². The summed E-state index contributed by atoms with van der Waals surface area (Å²) in [6.07, 6.45) is 5.35. The molecule has 2 aromatic heterocycles. The maximum Gasteiger partial charge on any atom is 0.319 e. The molecule has 4 aromatic rings. The molecule has 0 saturated carbocycles. The van der Waals surface area contributed by atoms with Crippen LogP contribution in [0, 0.1) is 5.82 Å². The Bertz CT molecular complexity index is 1160. The lowest BCUT2D eigenvalue weighted by Gasteiger charge is -2.09. The van der Waals surface area contributed by atoms with Crippen molar-refractivity contribution in [2.75, 3.05) is 17.7 Å². The number of rotatable bonds is 5. The van der Waals surface area contributed by atoms with Gasteiger partial charge in [-0.3, -0.25) is 4.40 Å². The van der Waals surface area contributed by atoms with E-state index in [4.69, 9.17) is 0 Å². The number of hydrogen-bond donors (Lipinski definition) is 3. The van der Waals surface area contributed by atoms with Crippen LogP contribution in [0.4, 0.5) is 20.7 Å². The zero-order valence-corrected chi connectivity index (χ0v) is 15.7. The maximum atomic E-state index is 13.2. The molecule has 0 saturated heterocycles. The third-order valence-corrected chi connectivity index (χ3v) is 4.45. The molecule has 3 N–H and O–H groups in total. The summed E-state index contributed by atoms with van der Waals surface area (Å²) in [5.41, 5.74) is 3.96. The van der Waals surface area contributed by atoms with E-state index in [1.807, 2.05) is 34.9 Å². The third kappa shape index (κ3) is 4.01. The Morgan fingerprint density at radius 2 is 1.97 bits per heavy atom. The van der Waals surface area contributed by atoms with Gasteiger partial charge in [0.1, 0.15) is 5.82 Å². The zero-order valence-electron chi connectivity index (χ0n) is 15.7. The second-order valence-electron chi connectivity index (χ2n) is 6.38. The Balaban J connectivity index is 1.44. The summed E-state index contributed by atoms with van der Waals surface area (Å²) in [4.78, 5) is 20.8. The Kier molecular flexibility index (Phi) is 5.07. The summed E-state index contributed by atoms with van der Waals surface area (Å²) >= 11 is 0. The number of carbonyl (C=O) groups is 1. The standard InChI is InChI=1S/C21H19FN6O/c1-23-19-20-25-13-18(28(20)10-9-24-19)15-5-7-17(8-6-15)27-21(29)26-12-14-3-2-4-16(22)11-14/h2-11,13H,12H2,1H3,(H,23,24)(H2,26,27,29). The van der Waals surface area contributed by atoms with E-state index in [0.717, 1.165) is 16.9 Å². The van der Waals surface area contributed by atoms with Gasteiger partial charge in [-0.15, -0.1) is 0 Å². The van der Waals surface area contributed by atoms with Crippen molar-refractivity contribution in [1.82, 2.24) is 19.7 Å². The molecule has 0 aliphatic rings. The van der Waals surface area contributed by atoms with E-state index in [1.54, 1.807) is 31.6 Å². The number of imidazole rings is 1. The van der Waals surface area contributed by atoms with E-state index in [1.165, 1.54) is 12.1 Å². The number of amides is 2. The molecule has 0 spiro atoms.